The van der Waals surface area contributed by atoms with Crippen molar-refractivity contribution in [2.45, 2.75) is 58.5 Å². The Morgan fingerprint density at radius 2 is 1.81 bits per heavy atom. The van der Waals surface area contributed by atoms with E-state index in [0.717, 1.165) is 40.9 Å². The number of aromatic amines is 1. The minimum absolute atomic E-state index is 0.0269. The molecule has 37 heavy (non-hydrogen) atoms. The van der Waals surface area contributed by atoms with Crippen LogP contribution in [0.3, 0.4) is 0 Å². The fraction of sp³-hybridized carbons (Fsp3) is 0.379. The van der Waals surface area contributed by atoms with E-state index in [2.05, 4.69) is 11.1 Å². The highest BCUT2D eigenvalue weighted by atomic mass is 16.4. The molecular weight excluding hydrogens is 466 g/mol. The van der Waals surface area contributed by atoms with Crippen molar-refractivity contribution in [3.05, 3.63) is 75.6 Å². The molecule has 2 aromatic carbocycles. The number of carboxylic acid groups (broad SMARTS) is 1. The summed E-state index contributed by atoms with van der Waals surface area (Å²) < 4.78 is 0. The summed E-state index contributed by atoms with van der Waals surface area (Å²) >= 11 is 0. The van der Waals surface area contributed by atoms with Crippen LogP contribution in [0, 0.1) is 25.2 Å². The van der Waals surface area contributed by atoms with Crippen molar-refractivity contribution in [3.8, 4) is 17.5 Å². The van der Waals surface area contributed by atoms with Crippen molar-refractivity contribution in [2.24, 2.45) is 0 Å². The number of rotatable bonds is 3. The SMILES string of the molecule is Cc1cc(C)c(-c2nc3c([nH]2)CN(C(=O)O)C(C)C3)cc1C(=O)N1CCC(c2ccc(C#N)cc2)CC1. The van der Waals surface area contributed by atoms with Crippen LogP contribution in [0.1, 0.15) is 69.7 Å². The number of hydrogen-bond acceptors (Lipinski definition) is 4. The van der Waals surface area contributed by atoms with Crippen molar-refractivity contribution in [3.63, 3.8) is 0 Å². The lowest BCUT2D eigenvalue weighted by Gasteiger charge is -2.32. The van der Waals surface area contributed by atoms with E-state index in [1.807, 2.05) is 62.1 Å². The second-order valence-corrected chi connectivity index (χ2v) is 10.3. The quantitative estimate of drug-likeness (QED) is 0.528. The first-order valence-electron chi connectivity index (χ1n) is 12.7. The number of carbonyl (C=O) groups is 2. The zero-order valence-electron chi connectivity index (χ0n) is 21.4. The number of hydrogen-bond donors (Lipinski definition) is 2. The smallest absolute Gasteiger partial charge is 0.407 e. The average Bonchev–Trinajstić information content (AvgIpc) is 3.30. The van der Waals surface area contributed by atoms with Gasteiger partial charge in [-0.1, -0.05) is 18.2 Å². The molecule has 1 atom stereocenters. The van der Waals surface area contributed by atoms with Gasteiger partial charge in [0.15, 0.2) is 0 Å². The third kappa shape index (κ3) is 4.69. The molecule has 2 N–H and O–H groups in total. The molecule has 5 rings (SSSR count). The Balaban J connectivity index is 1.35. The Morgan fingerprint density at radius 1 is 1.11 bits per heavy atom. The predicted octanol–water partition coefficient (Wildman–Crippen LogP) is 5.01. The minimum Gasteiger partial charge on any atom is -0.465 e. The van der Waals surface area contributed by atoms with Gasteiger partial charge in [0.05, 0.1) is 29.6 Å². The number of fused-ring (bicyclic) bond motifs is 1. The maximum absolute atomic E-state index is 13.6. The van der Waals surface area contributed by atoms with Gasteiger partial charge in [0.2, 0.25) is 0 Å². The van der Waals surface area contributed by atoms with Crippen LogP contribution in [0.5, 0.6) is 0 Å². The molecule has 8 nitrogen and oxygen atoms in total. The summed E-state index contributed by atoms with van der Waals surface area (Å²) in [4.78, 5) is 36.7. The van der Waals surface area contributed by atoms with Crippen molar-refractivity contribution in [2.75, 3.05) is 13.1 Å². The third-order valence-electron chi connectivity index (χ3n) is 7.81. The average molecular weight is 498 g/mol. The first-order chi connectivity index (χ1) is 17.7. The lowest BCUT2D eigenvalue weighted by Crippen LogP contribution is -2.41. The number of nitriles is 1. The Bertz CT molecular complexity index is 1390. The molecule has 0 spiro atoms. The van der Waals surface area contributed by atoms with Crippen LogP contribution in [0.15, 0.2) is 36.4 Å². The van der Waals surface area contributed by atoms with Crippen LogP contribution in [0.4, 0.5) is 4.79 Å². The Hall–Kier alpha value is -4.12. The highest BCUT2D eigenvalue weighted by Crippen LogP contribution is 2.32. The van der Waals surface area contributed by atoms with Crippen LogP contribution >= 0.6 is 0 Å². The molecule has 1 fully saturated rings. The maximum Gasteiger partial charge on any atom is 0.407 e. The van der Waals surface area contributed by atoms with Gasteiger partial charge in [-0.15, -0.1) is 0 Å². The molecule has 190 valence electrons. The minimum atomic E-state index is -0.934. The second-order valence-electron chi connectivity index (χ2n) is 10.3. The summed E-state index contributed by atoms with van der Waals surface area (Å²) in [5.41, 5.74) is 7.07. The fourth-order valence-electron chi connectivity index (χ4n) is 5.60. The summed E-state index contributed by atoms with van der Waals surface area (Å²) in [6.07, 6.45) is 1.40. The molecule has 3 heterocycles. The van der Waals surface area contributed by atoms with Crippen LogP contribution < -0.4 is 0 Å². The number of nitrogens with one attached hydrogen (secondary N) is 1. The van der Waals surface area contributed by atoms with Gasteiger partial charge >= 0.3 is 6.09 Å². The van der Waals surface area contributed by atoms with Crippen molar-refractivity contribution in [1.29, 1.82) is 5.26 Å². The third-order valence-corrected chi connectivity index (χ3v) is 7.81. The normalized spacial score (nSPS) is 17.8. The van der Waals surface area contributed by atoms with Gasteiger partial charge in [-0.05, 0) is 74.4 Å². The molecule has 8 heteroatoms. The molecule has 0 aliphatic carbocycles. The van der Waals surface area contributed by atoms with E-state index >= 15 is 0 Å². The lowest BCUT2D eigenvalue weighted by molar-refractivity contribution is 0.0712. The zero-order chi connectivity index (χ0) is 26.3. The molecule has 3 aromatic rings. The van der Waals surface area contributed by atoms with E-state index in [1.165, 1.54) is 10.5 Å². The van der Waals surface area contributed by atoms with Gasteiger partial charge < -0.3 is 15.0 Å². The molecule has 0 radical (unpaired) electrons. The Labute approximate surface area is 216 Å². The summed E-state index contributed by atoms with van der Waals surface area (Å²) in [5, 5.41) is 18.5. The molecule has 2 aliphatic heterocycles. The standard InChI is InChI=1S/C29H31N5O3/c1-17-12-18(2)24(14-23(17)27-31-25-13-19(3)34(29(36)37)16-26(25)32-27)28(35)33-10-8-22(9-11-33)21-6-4-20(15-30)5-7-21/h4-7,12,14,19,22H,8-11,13,16H2,1-3H3,(H,31,32)(H,36,37). The van der Waals surface area contributed by atoms with Gasteiger partial charge in [0, 0.05) is 36.7 Å². The number of benzene rings is 2. The molecular formula is C29H31N5O3. The molecule has 1 aromatic heterocycles. The van der Waals surface area contributed by atoms with Crippen LogP contribution in [-0.4, -0.2) is 56.0 Å². The predicted molar refractivity (Wildman–Crippen MR) is 139 cm³/mol. The molecule has 0 saturated carbocycles. The first-order valence-corrected chi connectivity index (χ1v) is 12.7. The molecule has 1 unspecified atom stereocenters. The summed E-state index contributed by atoms with van der Waals surface area (Å²) in [6, 6.07) is 13.7. The van der Waals surface area contributed by atoms with E-state index < -0.39 is 6.09 Å². The van der Waals surface area contributed by atoms with Gasteiger partial charge in [-0.3, -0.25) is 9.69 Å². The van der Waals surface area contributed by atoms with E-state index in [0.29, 0.717) is 42.4 Å². The second kappa shape index (κ2) is 9.74. The van der Waals surface area contributed by atoms with Gasteiger partial charge in [0.25, 0.3) is 5.91 Å². The Morgan fingerprint density at radius 3 is 2.46 bits per heavy atom. The summed E-state index contributed by atoms with van der Waals surface area (Å²) in [6.45, 7) is 7.52. The molecule has 1 saturated heterocycles. The monoisotopic (exact) mass is 497 g/mol. The number of amides is 2. The number of likely N-dealkylation sites (tertiary alicyclic amines) is 1. The number of nitrogens with zero attached hydrogens (tertiary/aromatic N) is 4. The van der Waals surface area contributed by atoms with E-state index in [4.69, 9.17) is 10.2 Å². The maximum atomic E-state index is 13.6. The number of aromatic nitrogens is 2. The van der Waals surface area contributed by atoms with Gasteiger partial charge in [-0.25, -0.2) is 9.78 Å². The van der Waals surface area contributed by atoms with Crippen molar-refractivity contribution in [1.82, 2.24) is 19.8 Å². The topological polar surface area (TPSA) is 113 Å². The summed E-state index contributed by atoms with van der Waals surface area (Å²) in [5.74, 6) is 1.09. The fourth-order valence-corrected chi connectivity index (χ4v) is 5.60. The van der Waals surface area contributed by atoms with Crippen LogP contribution in [-0.2, 0) is 13.0 Å². The molecule has 2 amide bonds. The summed E-state index contributed by atoms with van der Waals surface area (Å²) in [7, 11) is 0. The van der Waals surface area contributed by atoms with E-state index in [9.17, 15) is 14.7 Å². The van der Waals surface area contributed by atoms with Gasteiger partial charge in [0.1, 0.15) is 5.82 Å². The number of aryl methyl sites for hydroxylation is 2. The highest BCUT2D eigenvalue weighted by Gasteiger charge is 2.30. The number of piperidine rings is 1. The molecule has 0 bridgehead atoms. The van der Waals surface area contributed by atoms with Gasteiger partial charge in [-0.2, -0.15) is 5.26 Å². The van der Waals surface area contributed by atoms with Crippen molar-refractivity contribution < 1.29 is 14.7 Å². The van der Waals surface area contributed by atoms with Crippen molar-refractivity contribution >= 4 is 12.0 Å². The van der Waals surface area contributed by atoms with Crippen LogP contribution in [0.2, 0.25) is 0 Å². The number of imidazole rings is 1. The lowest BCUT2D eigenvalue weighted by atomic mass is 9.88. The zero-order valence-corrected chi connectivity index (χ0v) is 21.4. The highest BCUT2D eigenvalue weighted by molar-refractivity contribution is 5.97. The largest absolute Gasteiger partial charge is 0.465 e. The van der Waals surface area contributed by atoms with E-state index in [-0.39, 0.29) is 18.5 Å². The number of carbonyl (C=O) groups excluding carboxylic acids is 1. The number of H-pyrrole nitrogens is 1. The van der Waals surface area contributed by atoms with E-state index in [1.54, 1.807) is 0 Å². The first kappa shape index (κ1) is 24.6. The van der Waals surface area contributed by atoms with Crippen LogP contribution in [0.25, 0.3) is 11.4 Å². The molecule has 2 aliphatic rings. The Kier molecular flexibility index (Phi) is 6.46.